The zero-order chi connectivity index (χ0) is 9.26. The van der Waals surface area contributed by atoms with Gasteiger partial charge in [0.15, 0.2) is 0 Å². The first kappa shape index (κ1) is 8.57. The van der Waals surface area contributed by atoms with Gasteiger partial charge in [0.2, 0.25) is 0 Å². The fourth-order valence-corrected chi connectivity index (χ4v) is 2.05. The van der Waals surface area contributed by atoms with E-state index in [0.717, 1.165) is 13.0 Å². The minimum atomic E-state index is 0.343. The van der Waals surface area contributed by atoms with Crippen LogP contribution in [0, 0.1) is 0 Å². The molecule has 1 saturated heterocycles. The van der Waals surface area contributed by atoms with E-state index in [2.05, 4.69) is 36.1 Å². The fraction of sp³-hybridized carbons (Fsp3) is 0.455. The SMILES string of the molecule is C[C@H]1C[C@@H](N)CN1c1ccccc1. The van der Waals surface area contributed by atoms with Gasteiger partial charge in [0, 0.05) is 24.3 Å². The van der Waals surface area contributed by atoms with E-state index in [0.29, 0.717) is 12.1 Å². The lowest BCUT2D eigenvalue weighted by molar-refractivity contribution is 0.690. The molecule has 13 heavy (non-hydrogen) atoms. The summed E-state index contributed by atoms with van der Waals surface area (Å²) in [6, 6.07) is 11.4. The second-order valence-electron chi connectivity index (χ2n) is 3.83. The molecule has 0 bridgehead atoms. The topological polar surface area (TPSA) is 29.3 Å². The van der Waals surface area contributed by atoms with Crippen LogP contribution in [0.5, 0.6) is 0 Å². The minimum Gasteiger partial charge on any atom is -0.367 e. The predicted octanol–water partition coefficient (Wildman–Crippen LogP) is 1.61. The van der Waals surface area contributed by atoms with Crippen LogP contribution < -0.4 is 10.6 Å². The first-order valence-corrected chi connectivity index (χ1v) is 4.84. The van der Waals surface area contributed by atoms with E-state index in [9.17, 15) is 0 Å². The van der Waals surface area contributed by atoms with Gasteiger partial charge in [-0.15, -0.1) is 0 Å². The maximum atomic E-state index is 5.91. The van der Waals surface area contributed by atoms with Gasteiger partial charge in [-0.25, -0.2) is 0 Å². The van der Waals surface area contributed by atoms with E-state index in [1.807, 2.05) is 6.07 Å². The summed E-state index contributed by atoms with van der Waals surface area (Å²) < 4.78 is 0. The van der Waals surface area contributed by atoms with Crippen LogP contribution in [-0.2, 0) is 0 Å². The molecule has 0 aliphatic carbocycles. The monoisotopic (exact) mass is 176 g/mol. The van der Waals surface area contributed by atoms with Crippen molar-refractivity contribution in [3.63, 3.8) is 0 Å². The van der Waals surface area contributed by atoms with Gasteiger partial charge in [0.05, 0.1) is 0 Å². The summed E-state index contributed by atoms with van der Waals surface area (Å²) in [5.41, 5.74) is 7.21. The molecule has 70 valence electrons. The summed E-state index contributed by atoms with van der Waals surface area (Å²) in [4.78, 5) is 2.38. The van der Waals surface area contributed by atoms with Crippen molar-refractivity contribution in [2.75, 3.05) is 11.4 Å². The summed E-state index contributed by atoms with van der Waals surface area (Å²) in [5.74, 6) is 0. The molecule has 1 aromatic carbocycles. The van der Waals surface area contributed by atoms with Crippen molar-refractivity contribution in [3.8, 4) is 0 Å². The second kappa shape index (κ2) is 3.38. The van der Waals surface area contributed by atoms with Gasteiger partial charge in [-0.2, -0.15) is 0 Å². The third-order valence-electron chi connectivity index (χ3n) is 2.69. The summed E-state index contributed by atoms with van der Waals surface area (Å²) >= 11 is 0. The molecule has 2 N–H and O–H groups in total. The second-order valence-corrected chi connectivity index (χ2v) is 3.83. The maximum absolute atomic E-state index is 5.91. The highest BCUT2D eigenvalue weighted by Crippen LogP contribution is 2.23. The highest BCUT2D eigenvalue weighted by Gasteiger charge is 2.26. The standard InChI is InChI=1S/C11H16N2/c1-9-7-10(12)8-13(9)11-5-3-2-4-6-11/h2-6,9-10H,7-8,12H2,1H3/t9-,10+/m0/s1. The average molecular weight is 176 g/mol. The molecule has 0 amide bonds. The van der Waals surface area contributed by atoms with Gasteiger partial charge >= 0.3 is 0 Å². The number of hydrogen-bond acceptors (Lipinski definition) is 2. The summed E-state index contributed by atoms with van der Waals surface area (Å²) in [7, 11) is 0. The smallest absolute Gasteiger partial charge is 0.0369 e. The quantitative estimate of drug-likeness (QED) is 0.704. The highest BCUT2D eigenvalue weighted by atomic mass is 15.2. The zero-order valence-electron chi connectivity index (χ0n) is 7.98. The molecule has 2 rings (SSSR count). The van der Waals surface area contributed by atoms with Crippen LogP contribution in [0.4, 0.5) is 5.69 Å². The summed E-state index contributed by atoms with van der Waals surface area (Å²) in [6.07, 6.45) is 1.11. The molecule has 0 saturated carbocycles. The van der Waals surface area contributed by atoms with E-state index < -0.39 is 0 Å². The Balaban J connectivity index is 2.18. The Morgan fingerprint density at radius 3 is 2.54 bits per heavy atom. The largest absolute Gasteiger partial charge is 0.367 e. The summed E-state index contributed by atoms with van der Waals surface area (Å²) in [6.45, 7) is 3.23. The molecule has 0 unspecified atom stereocenters. The molecule has 2 atom stereocenters. The number of nitrogens with zero attached hydrogens (tertiary/aromatic N) is 1. The van der Waals surface area contributed by atoms with E-state index in [4.69, 9.17) is 5.73 Å². The van der Waals surface area contributed by atoms with Crippen LogP contribution in [0.1, 0.15) is 13.3 Å². The number of rotatable bonds is 1. The van der Waals surface area contributed by atoms with Crippen LogP contribution in [0.3, 0.4) is 0 Å². The Labute approximate surface area is 79.4 Å². The van der Waals surface area contributed by atoms with Crippen molar-refractivity contribution < 1.29 is 0 Å². The lowest BCUT2D eigenvalue weighted by Gasteiger charge is -2.23. The van der Waals surface area contributed by atoms with Gasteiger partial charge in [-0.05, 0) is 25.5 Å². The van der Waals surface area contributed by atoms with E-state index in [1.54, 1.807) is 0 Å². The van der Waals surface area contributed by atoms with Crippen molar-refractivity contribution in [2.24, 2.45) is 5.73 Å². The first-order valence-electron chi connectivity index (χ1n) is 4.84. The van der Waals surface area contributed by atoms with Gasteiger partial charge in [0.25, 0.3) is 0 Å². The van der Waals surface area contributed by atoms with Gasteiger partial charge in [-0.3, -0.25) is 0 Å². The molecule has 1 aromatic rings. The third kappa shape index (κ3) is 1.68. The van der Waals surface area contributed by atoms with Crippen LogP contribution in [-0.4, -0.2) is 18.6 Å². The molecule has 2 heteroatoms. The Bertz CT molecular complexity index is 271. The Hall–Kier alpha value is -1.02. The van der Waals surface area contributed by atoms with Gasteiger partial charge < -0.3 is 10.6 Å². The molecule has 1 aliphatic heterocycles. The van der Waals surface area contributed by atoms with Crippen LogP contribution in [0.15, 0.2) is 30.3 Å². The number of hydrogen-bond donors (Lipinski definition) is 1. The highest BCUT2D eigenvalue weighted by molar-refractivity contribution is 5.48. The third-order valence-corrected chi connectivity index (χ3v) is 2.69. The normalized spacial score (nSPS) is 28.0. The summed E-state index contributed by atoms with van der Waals surface area (Å²) in [5, 5.41) is 0. The average Bonchev–Trinajstić information content (AvgIpc) is 2.47. The number of benzene rings is 1. The predicted molar refractivity (Wildman–Crippen MR) is 55.8 cm³/mol. The maximum Gasteiger partial charge on any atom is 0.0369 e. The number of para-hydroxylation sites is 1. The van der Waals surface area contributed by atoms with Crippen LogP contribution in [0.25, 0.3) is 0 Å². The van der Waals surface area contributed by atoms with E-state index in [1.165, 1.54) is 5.69 Å². The van der Waals surface area contributed by atoms with Crippen molar-refractivity contribution in [1.82, 2.24) is 0 Å². The lowest BCUT2D eigenvalue weighted by atomic mass is 10.2. The first-order chi connectivity index (χ1) is 6.27. The van der Waals surface area contributed by atoms with Crippen molar-refractivity contribution in [1.29, 1.82) is 0 Å². The number of nitrogens with two attached hydrogens (primary N) is 1. The lowest BCUT2D eigenvalue weighted by Crippen LogP contribution is -2.28. The molecule has 0 radical (unpaired) electrons. The van der Waals surface area contributed by atoms with E-state index in [-0.39, 0.29) is 0 Å². The molecule has 1 heterocycles. The molecule has 2 nitrogen and oxygen atoms in total. The minimum absolute atomic E-state index is 0.343. The molecule has 1 aliphatic rings. The molecule has 1 fully saturated rings. The van der Waals surface area contributed by atoms with Crippen LogP contribution >= 0.6 is 0 Å². The zero-order valence-corrected chi connectivity index (χ0v) is 7.98. The van der Waals surface area contributed by atoms with E-state index >= 15 is 0 Å². The van der Waals surface area contributed by atoms with Gasteiger partial charge in [0.1, 0.15) is 0 Å². The number of anilines is 1. The van der Waals surface area contributed by atoms with Crippen LogP contribution in [0.2, 0.25) is 0 Å². The van der Waals surface area contributed by atoms with Crippen molar-refractivity contribution >= 4 is 5.69 Å². The molecular formula is C11H16N2. The molecule has 0 spiro atoms. The van der Waals surface area contributed by atoms with Crippen molar-refractivity contribution in [2.45, 2.75) is 25.4 Å². The van der Waals surface area contributed by atoms with Crippen molar-refractivity contribution in [3.05, 3.63) is 30.3 Å². The Kier molecular flexibility index (Phi) is 2.23. The fourth-order valence-electron chi connectivity index (χ4n) is 2.05. The molecular weight excluding hydrogens is 160 g/mol. The Morgan fingerprint density at radius 1 is 1.31 bits per heavy atom. The molecule has 0 aromatic heterocycles. The van der Waals surface area contributed by atoms with Gasteiger partial charge in [-0.1, -0.05) is 18.2 Å². The Morgan fingerprint density at radius 2 is 2.00 bits per heavy atom.